The third-order valence-corrected chi connectivity index (χ3v) is 4.14. The van der Waals surface area contributed by atoms with E-state index in [4.69, 9.17) is 9.84 Å². The zero-order valence-electron chi connectivity index (χ0n) is 14.4. The number of aryl methyl sites for hydroxylation is 1. The molecule has 1 saturated heterocycles. The summed E-state index contributed by atoms with van der Waals surface area (Å²) in [6.45, 7) is 3.82. The Balaban J connectivity index is 2.13. The van der Waals surface area contributed by atoms with Gasteiger partial charge in [-0.3, -0.25) is 4.79 Å². The van der Waals surface area contributed by atoms with E-state index in [9.17, 15) is 22.8 Å². The van der Waals surface area contributed by atoms with Gasteiger partial charge in [-0.1, -0.05) is 6.92 Å². The summed E-state index contributed by atoms with van der Waals surface area (Å²) in [4.78, 5) is 30.4. The topological polar surface area (TPSA) is 108 Å². The fraction of sp³-hybridized carbons (Fsp3) is 0.667. The number of halogens is 3. The summed E-state index contributed by atoms with van der Waals surface area (Å²) in [5.74, 6) is -1.21. The van der Waals surface area contributed by atoms with Crippen LogP contribution in [0.25, 0.3) is 0 Å². The lowest BCUT2D eigenvalue weighted by Crippen LogP contribution is -2.56. The Morgan fingerprint density at radius 1 is 1.42 bits per heavy atom. The average molecular weight is 378 g/mol. The molecule has 2 atom stereocenters. The number of amides is 2. The highest BCUT2D eigenvalue weighted by atomic mass is 19.4. The third kappa shape index (κ3) is 4.45. The van der Waals surface area contributed by atoms with Gasteiger partial charge >= 0.3 is 12.3 Å². The number of carboxylic acid groups (broad SMARTS) is 1. The molecule has 2 heterocycles. The van der Waals surface area contributed by atoms with Crippen LogP contribution >= 0.6 is 0 Å². The summed E-state index contributed by atoms with van der Waals surface area (Å²) in [6.07, 6.45) is -5.99. The van der Waals surface area contributed by atoms with Gasteiger partial charge in [-0.15, -0.1) is 0 Å². The molecule has 11 heteroatoms. The van der Waals surface area contributed by atoms with Crippen LogP contribution < -0.4 is 5.32 Å². The molecule has 1 aliphatic rings. The van der Waals surface area contributed by atoms with E-state index in [1.54, 1.807) is 6.92 Å². The van der Waals surface area contributed by atoms with Crippen molar-refractivity contribution >= 4 is 12.0 Å². The van der Waals surface area contributed by atoms with Gasteiger partial charge < -0.3 is 25.0 Å². The van der Waals surface area contributed by atoms with Crippen molar-refractivity contribution in [1.82, 2.24) is 20.2 Å². The van der Waals surface area contributed by atoms with E-state index in [1.165, 1.54) is 11.8 Å². The van der Waals surface area contributed by atoms with Crippen LogP contribution in [-0.2, 0) is 17.3 Å². The Morgan fingerprint density at radius 3 is 2.62 bits per heavy atom. The fourth-order valence-corrected chi connectivity index (χ4v) is 2.88. The van der Waals surface area contributed by atoms with Crippen molar-refractivity contribution in [2.24, 2.45) is 0 Å². The van der Waals surface area contributed by atoms with Gasteiger partial charge in [-0.25, -0.2) is 9.78 Å². The standard InChI is InChI=1S/C15H21F3N4O4/c1-3-8-11(15(16,17)18)21-12(19-8)13(23)20-9-5-6-22(14(24)25)7-10(9)26-4-2/h9-10H,3-7H2,1-2H3,(H,19,21)(H,20,23)(H,24,25)/t9-,10+/m1/s1. The van der Waals surface area contributed by atoms with Crippen LogP contribution in [0.2, 0.25) is 0 Å². The van der Waals surface area contributed by atoms with E-state index in [0.29, 0.717) is 6.61 Å². The number of ether oxygens (including phenoxy) is 1. The first-order valence-electron chi connectivity index (χ1n) is 8.23. The lowest BCUT2D eigenvalue weighted by molar-refractivity contribution is -0.141. The maximum atomic E-state index is 13.0. The minimum absolute atomic E-state index is 0.0493. The zero-order chi connectivity index (χ0) is 19.5. The first-order valence-corrected chi connectivity index (χ1v) is 8.23. The summed E-state index contributed by atoms with van der Waals surface area (Å²) in [6, 6.07) is -0.525. The first kappa shape index (κ1) is 20.0. The van der Waals surface area contributed by atoms with Gasteiger partial charge in [0.25, 0.3) is 5.91 Å². The second kappa shape index (κ2) is 7.94. The van der Waals surface area contributed by atoms with E-state index in [-0.39, 0.29) is 31.6 Å². The highest BCUT2D eigenvalue weighted by Crippen LogP contribution is 2.30. The van der Waals surface area contributed by atoms with Gasteiger partial charge in [0.15, 0.2) is 11.5 Å². The zero-order valence-corrected chi connectivity index (χ0v) is 14.4. The molecule has 0 bridgehead atoms. The van der Waals surface area contributed by atoms with E-state index >= 15 is 0 Å². The van der Waals surface area contributed by atoms with Crippen molar-refractivity contribution in [2.75, 3.05) is 19.7 Å². The molecule has 0 unspecified atom stereocenters. The Hall–Kier alpha value is -2.30. The number of carbonyl (C=O) groups excluding carboxylic acids is 1. The van der Waals surface area contributed by atoms with Crippen LogP contribution in [0.4, 0.5) is 18.0 Å². The van der Waals surface area contributed by atoms with Gasteiger partial charge in [-0.05, 0) is 19.8 Å². The fourth-order valence-electron chi connectivity index (χ4n) is 2.88. The Kier molecular flexibility index (Phi) is 6.11. The number of nitrogens with one attached hydrogen (secondary N) is 2. The molecule has 2 amide bonds. The van der Waals surface area contributed by atoms with Crippen LogP contribution in [0.15, 0.2) is 0 Å². The largest absolute Gasteiger partial charge is 0.465 e. The maximum Gasteiger partial charge on any atom is 0.435 e. The van der Waals surface area contributed by atoms with Crippen molar-refractivity contribution in [2.45, 2.75) is 45.0 Å². The number of carbonyl (C=O) groups is 2. The smallest absolute Gasteiger partial charge is 0.435 e. The van der Waals surface area contributed by atoms with Crippen molar-refractivity contribution in [3.63, 3.8) is 0 Å². The Bertz CT molecular complexity index is 662. The molecular formula is C15H21F3N4O4. The molecule has 2 rings (SSSR count). The molecule has 0 radical (unpaired) electrons. The SMILES string of the molecule is CCO[C@H]1CN(C(=O)O)CC[C@H]1NC(=O)c1nc(C(F)(F)F)c(CC)[nH]1. The van der Waals surface area contributed by atoms with Gasteiger partial charge in [0.05, 0.1) is 18.7 Å². The highest BCUT2D eigenvalue weighted by Gasteiger charge is 2.38. The van der Waals surface area contributed by atoms with Crippen LogP contribution in [0.3, 0.4) is 0 Å². The number of H-pyrrole nitrogens is 1. The minimum Gasteiger partial charge on any atom is -0.465 e. The molecule has 0 spiro atoms. The van der Waals surface area contributed by atoms with E-state index in [0.717, 1.165) is 0 Å². The molecule has 1 fully saturated rings. The van der Waals surface area contributed by atoms with Crippen molar-refractivity contribution in [1.29, 1.82) is 0 Å². The molecule has 26 heavy (non-hydrogen) atoms. The van der Waals surface area contributed by atoms with Crippen LogP contribution in [0.5, 0.6) is 0 Å². The lowest BCUT2D eigenvalue weighted by Gasteiger charge is -2.37. The monoisotopic (exact) mass is 378 g/mol. The molecule has 1 aromatic rings. The second-order valence-corrected chi connectivity index (χ2v) is 5.85. The molecule has 146 valence electrons. The maximum absolute atomic E-state index is 13.0. The van der Waals surface area contributed by atoms with Crippen molar-refractivity contribution < 1.29 is 32.6 Å². The van der Waals surface area contributed by atoms with E-state index in [1.807, 2.05) is 0 Å². The molecule has 3 N–H and O–H groups in total. The number of imidazole rings is 1. The Labute approximate surface area is 147 Å². The predicted molar refractivity (Wildman–Crippen MR) is 83.9 cm³/mol. The quantitative estimate of drug-likeness (QED) is 0.725. The molecule has 8 nitrogen and oxygen atoms in total. The van der Waals surface area contributed by atoms with Crippen LogP contribution in [-0.4, -0.2) is 63.8 Å². The number of alkyl halides is 3. The van der Waals surface area contributed by atoms with Crippen molar-refractivity contribution in [3.8, 4) is 0 Å². The van der Waals surface area contributed by atoms with E-state index < -0.39 is 41.8 Å². The predicted octanol–water partition coefficient (Wildman–Crippen LogP) is 1.88. The van der Waals surface area contributed by atoms with Gasteiger partial charge in [0, 0.05) is 18.8 Å². The lowest BCUT2D eigenvalue weighted by atomic mass is 10.0. The summed E-state index contributed by atoms with van der Waals surface area (Å²) in [5, 5.41) is 11.7. The molecular weight excluding hydrogens is 357 g/mol. The van der Waals surface area contributed by atoms with Gasteiger partial charge in [0.2, 0.25) is 0 Å². The summed E-state index contributed by atoms with van der Waals surface area (Å²) < 4.78 is 44.4. The van der Waals surface area contributed by atoms with E-state index in [2.05, 4.69) is 15.3 Å². The average Bonchev–Trinajstić information content (AvgIpc) is 3.01. The molecule has 0 aliphatic carbocycles. The molecule has 0 aromatic carbocycles. The Morgan fingerprint density at radius 2 is 2.12 bits per heavy atom. The number of nitrogens with zero attached hydrogens (tertiary/aromatic N) is 2. The number of piperidine rings is 1. The van der Waals surface area contributed by atoms with Gasteiger partial charge in [-0.2, -0.15) is 13.2 Å². The number of likely N-dealkylation sites (tertiary alicyclic amines) is 1. The number of aromatic amines is 1. The van der Waals surface area contributed by atoms with Crippen LogP contribution in [0, 0.1) is 0 Å². The highest BCUT2D eigenvalue weighted by molar-refractivity contribution is 5.91. The molecule has 1 aliphatic heterocycles. The summed E-state index contributed by atoms with van der Waals surface area (Å²) in [7, 11) is 0. The number of aromatic nitrogens is 2. The van der Waals surface area contributed by atoms with Crippen molar-refractivity contribution in [3.05, 3.63) is 17.2 Å². The number of hydrogen-bond acceptors (Lipinski definition) is 4. The first-order chi connectivity index (χ1) is 12.2. The third-order valence-electron chi connectivity index (χ3n) is 4.14. The second-order valence-electron chi connectivity index (χ2n) is 5.85. The number of hydrogen-bond donors (Lipinski definition) is 3. The molecule has 1 aromatic heterocycles. The normalized spacial score (nSPS) is 20.9. The minimum atomic E-state index is -4.65. The number of rotatable bonds is 5. The van der Waals surface area contributed by atoms with Gasteiger partial charge in [0.1, 0.15) is 0 Å². The summed E-state index contributed by atoms with van der Waals surface area (Å²) in [5.41, 5.74) is -1.27. The van der Waals surface area contributed by atoms with Crippen LogP contribution in [0.1, 0.15) is 42.3 Å². The molecule has 0 saturated carbocycles. The summed E-state index contributed by atoms with van der Waals surface area (Å²) >= 11 is 0.